The molecule has 0 aliphatic carbocycles. The minimum Gasteiger partial charge on any atom is -0.323 e. The summed E-state index contributed by atoms with van der Waals surface area (Å²) in [6, 6.07) is 5.50. The number of imidazole rings is 1. The third-order valence-electron chi connectivity index (χ3n) is 2.91. The molecule has 8 heteroatoms. The van der Waals surface area contributed by atoms with Crippen LogP contribution in [0.5, 0.6) is 0 Å². The van der Waals surface area contributed by atoms with Gasteiger partial charge in [0.05, 0.1) is 6.33 Å². The number of anilines is 2. The zero-order valence-electron chi connectivity index (χ0n) is 11.4. The number of hydrogen-bond acceptors (Lipinski definition) is 5. The first-order chi connectivity index (χ1) is 10.0. The second-order valence-electron chi connectivity index (χ2n) is 4.73. The van der Waals surface area contributed by atoms with E-state index in [1.165, 1.54) is 0 Å². The number of pyridine rings is 1. The van der Waals surface area contributed by atoms with Crippen LogP contribution in [0.2, 0.25) is 10.4 Å². The molecule has 108 valence electrons. The van der Waals surface area contributed by atoms with E-state index in [9.17, 15) is 0 Å². The highest BCUT2D eigenvalue weighted by atomic mass is 35.5. The second-order valence-corrected chi connectivity index (χ2v) is 5.45. The van der Waals surface area contributed by atoms with Gasteiger partial charge in [0.1, 0.15) is 11.0 Å². The molecule has 3 rings (SSSR count). The van der Waals surface area contributed by atoms with Crippen molar-refractivity contribution in [3.63, 3.8) is 0 Å². The maximum atomic E-state index is 6.01. The summed E-state index contributed by atoms with van der Waals surface area (Å²) < 4.78 is 1.93. The van der Waals surface area contributed by atoms with Crippen molar-refractivity contribution >= 4 is 46.0 Å². The van der Waals surface area contributed by atoms with Gasteiger partial charge in [-0.05, 0) is 37.6 Å². The van der Waals surface area contributed by atoms with Gasteiger partial charge in [0.15, 0.2) is 17.0 Å². The number of aromatic nitrogens is 5. The molecule has 0 aromatic carbocycles. The standard InChI is InChI=1S/C13H12Cl2N6/c1-7(2)21-6-16-10-11(19-13(15)20-12(10)21)18-9-5-3-4-8(14)17-9/h3-7H,1-2H3,(H,17,18,19,20). The number of rotatable bonds is 3. The molecular weight excluding hydrogens is 311 g/mol. The lowest BCUT2D eigenvalue weighted by Crippen LogP contribution is -2.03. The highest BCUT2D eigenvalue weighted by Crippen LogP contribution is 2.25. The van der Waals surface area contributed by atoms with Gasteiger partial charge >= 0.3 is 0 Å². The SMILES string of the molecule is CC(C)n1cnc2c(Nc3cccc(Cl)n3)nc(Cl)nc21. The molecule has 3 aromatic rings. The van der Waals surface area contributed by atoms with E-state index in [1.807, 2.05) is 18.4 Å². The third-order valence-corrected chi connectivity index (χ3v) is 3.29. The zero-order chi connectivity index (χ0) is 15.0. The summed E-state index contributed by atoms with van der Waals surface area (Å²) in [6.07, 6.45) is 1.72. The van der Waals surface area contributed by atoms with E-state index < -0.39 is 0 Å². The Kier molecular flexibility index (Phi) is 3.65. The highest BCUT2D eigenvalue weighted by Gasteiger charge is 2.14. The van der Waals surface area contributed by atoms with Gasteiger partial charge in [-0.15, -0.1) is 0 Å². The fourth-order valence-electron chi connectivity index (χ4n) is 1.95. The summed E-state index contributed by atoms with van der Waals surface area (Å²) in [5, 5.41) is 3.61. The predicted octanol–water partition coefficient (Wildman–Crippen LogP) is 3.85. The summed E-state index contributed by atoms with van der Waals surface area (Å²) >= 11 is 11.9. The highest BCUT2D eigenvalue weighted by molar-refractivity contribution is 6.29. The maximum absolute atomic E-state index is 6.01. The zero-order valence-corrected chi connectivity index (χ0v) is 12.9. The van der Waals surface area contributed by atoms with Crippen LogP contribution in [0.4, 0.5) is 11.6 Å². The minimum atomic E-state index is 0.148. The van der Waals surface area contributed by atoms with Crippen LogP contribution in [0.25, 0.3) is 11.2 Å². The summed E-state index contributed by atoms with van der Waals surface area (Å²) in [6.45, 7) is 4.09. The van der Waals surface area contributed by atoms with Gasteiger partial charge < -0.3 is 9.88 Å². The van der Waals surface area contributed by atoms with E-state index in [0.29, 0.717) is 28.0 Å². The van der Waals surface area contributed by atoms with Gasteiger partial charge in [-0.25, -0.2) is 9.97 Å². The van der Waals surface area contributed by atoms with Gasteiger partial charge in [-0.3, -0.25) is 0 Å². The molecule has 0 bridgehead atoms. The molecule has 0 aliphatic heterocycles. The van der Waals surface area contributed by atoms with Gasteiger partial charge in [-0.1, -0.05) is 17.7 Å². The summed E-state index contributed by atoms with van der Waals surface area (Å²) in [5.41, 5.74) is 1.31. The van der Waals surface area contributed by atoms with Crippen LogP contribution >= 0.6 is 23.2 Å². The fraction of sp³-hybridized carbons (Fsp3) is 0.231. The Morgan fingerprint density at radius 1 is 1.14 bits per heavy atom. The Morgan fingerprint density at radius 3 is 2.67 bits per heavy atom. The molecule has 0 aliphatic rings. The summed E-state index contributed by atoms with van der Waals surface area (Å²) in [4.78, 5) is 16.9. The molecule has 0 saturated carbocycles. The molecule has 0 unspecified atom stereocenters. The van der Waals surface area contributed by atoms with Crippen LogP contribution < -0.4 is 5.32 Å². The molecule has 0 spiro atoms. The second kappa shape index (κ2) is 5.46. The lowest BCUT2D eigenvalue weighted by Gasteiger charge is -2.09. The number of fused-ring (bicyclic) bond motifs is 1. The van der Waals surface area contributed by atoms with E-state index >= 15 is 0 Å². The van der Waals surface area contributed by atoms with Crippen LogP contribution in [0.1, 0.15) is 19.9 Å². The van der Waals surface area contributed by atoms with E-state index in [1.54, 1.807) is 24.5 Å². The largest absolute Gasteiger partial charge is 0.323 e. The van der Waals surface area contributed by atoms with Crippen molar-refractivity contribution in [2.24, 2.45) is 0 Å². The van der Waals surface area contributed by atoms with Crippen molar-refractivity contribution in [3.8, 4) is 0 Å². The number of hydrogen-bond donors (Lipinski definition) is 1. The van der Waals surface area contributed by atoms with Gasteiger partial charge in [-0.2, -0.15) is 9.97 Å². The van der Waals surface area contributed by atoms with E-state index in [-0.39, 0.29) is 11.3 Å². The third kappa shape index (κ3) is 2.77. The molecule has 21 heavy (non-hydrogen) atoms. The normalized spacial score (nSPS) is 11.3. The molecular formula is C13H12Cl2N6. The van der Waals surface area contributed by atoms with E-state index in [0.717, 1.165) is 0 Å². The maximum Gasteiger partial charge on any atom is 0.226 e. The summed E-state index contributed by atoms with van der Waals surface area (Å²) in [5.74, 6) is 1.07. The van der Waals surface area contributed by atoms with Crippen LogP contribution in [0.3, 0.4) is 0 Å². The lowest BCUT2D eigenvalue weighted by molar-refractivity contribution is 0.612. The quantitative estimate of drug-likeness (QED) is 0.586. The van der Waals surface area contributed by atoms with Crippen molar-refractivity contribution < 1.29 is 0 Å². The average molecular weight is 323 g/mol. The molecule has 0 atom stereocenters. The molecule has 3 aromatic heterocycles. The fourth-order valence-corrected chi connectivity index (χ4v) is 2.28. The van der Waals surface area contributed by atoms with Crippen molar-refractivity contribution in [2.45, 2.75) is 19.9 Å². The molecule has 0 saturated heterocycles. The van der Waals surface area contributed by atoms with Gasteiger partial charge in [0, 0.05) is 6.04 Å². The molecule has 6 nitrogen and oxygen atoms in total. The van der Waals surface area contributed by atoms with Crippen molar-refractivity contribution in [1.82, 2.24) is 24.5 Å². The van der Waals surface area contributed by atoms with Crippen molar-refractivity contribution in [3.05, 3.63) is 35.0 Å². The van der Waals surface area contributed by atoms with Crippen LogP contribution in [-0.4, -0.2) is 24.5 Å². The van der Waals surface area contributed by atoms with Crippen LogP contribution in [0, 0.1) is 0 Å². The summed E-state index contributed by atoms with van der Waals surface area (Å²) in [7, 11) is 0. The Hall–Kier alpha value is -1.92. The Morgan fingerprint density at radius 2 is 1.95 bits per heavy atom. The van der Waals surface area contributed by atoms with Gasteiger partial charge in [0.25, 0.3) is 0 Å². The van der Waals surface area contributed by atoms with Crippen molar-refractivity contribution in [2.75, 3.05) is 5.32 Å². The van der Waals surface area contributed by atoms with Crippen LogP contribution in [0.15, 0.2) is 24.5 Å². The monoisotopic (exact) mass is 322 g/mol. The molecule has 0 fully saturated rings. The van der Waals surface area contributed by atoms with Crippen LogP contribution in [-0.2, 0) is 0 Å². The smallest absolute Gasteiger partial charge is 0.226 e. The van der Waals surface area contributed by atoms with Crippen molar-refractivity contribution in [1.29, 1.82) is 0 Å². The minimum absolute atomic E-state index is 0.148. The molecule has 0 radical (unpaired) electrons. The first-order valence-electron chi connectivity index (χ1n) is 6.34. The first-order valence-corrected chi connectivity index (χ1v) is 7.10. The topological polar surface area (TPSA) is 68.5 Å². The number of nitrogens with zero attached hydrogens (tertiary/aromatic N) is 5. The molecule has 0 amide bonds. The average Bonchev–Trinajstić information content (AvgIpc) is 2.82. The van der Waals surface area contributed by atoms with Gasteiger partial charge in [0.2, 0.25) is 5.28 Å². The van der Waals surface area contributed by atoms with E-state index in [2.05, 4.69) is 25.3 Å². The Balaban J connectivity index is 2.10. The molecule has 1 N–H and O–H groups in total. The Labute approximate surface area is 131 Å². The lowest BCUT2D eigenvalue weighted by atomic mass is 10.4. The Bertz CT molecular complexity index is 798. The number of nitrogens with one attached hydrogen (secondary N) is 1. The number of halogens is 2. The first kappa shape index (κ1) is 14.0. The van der Waals surface area contributed by atoms with E-state index in [4.69, 9.17) is 23.2 Å². The molecule has 3 heterocycles. The predicted molar refractivity (Wildman–Crippen MR) is 83.2 cm³/mol.